The van der Waals surface area contributed by atoms with Gasteiger partial charge in [0.15, 0.2) is 0 Å². The number of benzene rings is 1. The van der Waals surface area contributed by atoms with Gasteiger partial charge in [0.2, 0.25) is 0 Å². The molecule has 0 saturated heterocycles. The second-order valence-electron chi connectivity index (χ2n) is 4.14. The maximum absolute atomic E-state index is 10.9. The summed E-state index contributed by atoms with van der Waals surface area (Å²) in [6.45, 7) is 8.30. The van der Waals surface area contributed by atoms with Gasteiger partial charge in [-0.25, -0.2) is 4.79 Å². The summed E-state index contributed by atoms with van der Waals surface area (Å²) >= 11 is 0. The van der Waals surface area contributed by atoms with Gasteiger partial charge >= 0.3 is 5.97 Å². The summed E-state index contributed by atoms with van der Waals surface area (Å²) in [5.74, 6) is -0.357. The van der Waals surface area contributed by atoms with E-state index in [1.165, 1.54) is 5.56 Å². The molecule has 0 bridgehead atoms. The van der Waals surface area contributed by atoms with E-state index in [2.05, 4.69) is 13.8 Å². The molecule has 0 radical (unpaired) electrons. The molecule has 1 aromatic carbocycles. The van der Waals surface area contributed by atoms with Crippen LogP contribution in [0.3, 0.4) is 0 Å². The smallest absolute Gasteiger partial charge is 0.335 e. The van der Waals surface area contributed by atoms with Gasteiger partial charge in [0.25, 0.3) is 0 Å². The number of hydrogen-bond acceptors (Lipinski definition) is 1. The fourth-order valence-electron chi connectivity index (χ4n) is 2.08. The van der Waals surface area contributed by atoms with Crippen molar-refractivity contribution in [2.45, 2.75) is 40.0 Å². The molecule has 0 aromatic heterocycles. The van der Waals surface area contributed by atoms with Crippen molar-refractivity contribution < 1.29 is 9.90 Å². The van der Waals surface area contributed by atoms with E-state index in [9.17, 15) is 4.79 Å². The zero-order valence-corrected chi connectivity index (χ0v) is 9.79. The van der Waals surface area contributed by atoms with Crippen molar-refractivity contribution in [3.05, 3.63) is 34.4 Å². The third-order valence-corrected chi connectivity index (χ3v) is 2.95. The lowest BCUT2D eigenvalue weighted by molar-refractivity contribution is 0.0696. The summed E-state index contributed by atoms with van der Waals surface area (Å²) in [6, 6.07) is 3.52. The Bertz CT molecular complexity index is 357. The fraction of sp³-hybridized carbons (Fsp3) is 0.462. The van der Waals surface area contributed by atoms with Crippen LogP contribution in [0.1, 0.15) is 53.2 Å². The molecule has 0 aliphatic heterocycles. The molecule has 1 aromatic rings. The van der Waals surface area contributed by atoms with Crippen LogP contribution in [0.5, 0.6) is 0 Å². The Morgan fingerprint density at radius 3 is 2.13 bits per heavy atom. The molecule has 0 fully saturated rings. The van der Waals surface area contributed by atoms with Gasteiger partial charge in [0.05, 0.1) is 5.56 Å². The first-order chi connectivity index (χ1) is 6.97. The second-order valence-corrected chi connectivity index (χ2v) is 4.14. The fourth-order valence-corrected chi connectivity index (χ4v) is 2.08. The summed E-state index contributed by atoms with van der Waals surface area (Å²) in [4.78, 5) is 10.9. The molecule has 1 N–H and O–H groups in total. The van der Waals surface area contributed by atoms with Crippen LogP contribution in [0.2, 0.25) is 0 Å². The van der Waals surface area contributed by atoms with E-state index < -0.39 is 5.97 Å². The third kappa shape index (κ3) is 2.38. The minimum absolute atomic E-state index is 0.386. The largest absolute Gasteiger partial charge is 0.478 e. The van der Waals surface area contributed by atoms with Gasteiger partial charge in [-0.3, -0.25) is 0 Å². The molecule has 1 atom stereocenters. The topological polar surface area (TPSA) is 37.3 Å². The Kier molecular flexibility index (Phi) is 3.51. The molecule has 0 heterocycles. The van der Waals surface area contributed by atoms with Gasteiger partial charge < -0.3 is 5.11 Å². The van der Waals surface area contributed by atoms with Gasteiger partial charge in [-0.05, 0) is 55.0 Å². The maximum atomic E-state index is 10.9. The Balaban J connectivity index is 3.27. The monoisotopic (exact) mass is 206 g/mol. The molecule has 2 heteroatoms. The highest BCUT2D eigenvalue weighted by molar-refractivity contribution is 5.88. The molecule has 0 spiro atoms. The van der Waals surface area contributed by atoms with Crippen molar-refractivity contribution in [2.75, 3.05) is 0 Å². The van der Waals surface area contributed by atoms with Crippen molar-refractivity contribution in [3.63, 3.8) is 0 Å². The molecule has 0 saturated carbocycles. The highest BCUT2D eigenvalue weighted by Gasteiger charge is 2.13. The van der Waals surface area contributed by atoms with Crippen molar-refractivity contribution in [2.24, 2.45) is 0 Å². The molecule has 1 rings (SSSR count). The van der Waals surface area contributed by atoms with Gasteiger partial charge in [-0.2, -0.15) is 0 Å². The van der Waals surface area contributed by atoms with E-state index >= 15 is 0 Å². The summed E-state index contributed by atoms with van der Waals surface area (Å²) < 4.78 is 0. The molecule has 2 nitrogen and oxygen atoms in total. The van der Waals surface area contributed by atoms with E-state index in [0.29, 0.717) is 11.5 Å². The highest BCUT2D eigenvalue weighted by atomic mass is 16.4. The first-order valence-electron chi connectivity index (χ1n) is 5.31. The lowest BCUT2D eigenvalue weighted by Gasteiger charge is -2.16. The molecule has 0 aliphatic carbocycles. The van der Waals surface area contributed by atoms with Gasteiger partial charge in [-0.15, -0.1) is 0 Å². The summed E-state index contributed by atoms with van der Waals surface area (Å²) in [6.07, 6.45) is 1.08. The Labute approximate surface area is 90.9 Å². The summed E-state index contributed by atoms with van der Waals surface area (Å²) in [5, 5.41) is 8.92. The minimum atomic E-state index is -0.850. The second kappa shape index (κ2) is 4.47. The van der Waals surface area contributed by atoms with E-state index in [1.807, 2.05) is 13.8 Å². The molecular formula is C13H18O2. The molecular weight excluding hydrogens is 188 g/mol. The zero-order valence-electron chi connectivity index (χ0n) is 9.79. The maximum Gasteiger partial charge on any atom is 0.335 e. The highest BCUT2D eigenvalue weighted by Crippen LogP contribution is 2.27. The lowest BCUT2D eigenvalue weighted by atomic mass is 9.89. The van der Waals surface area contributed by atoms with Crippen LogP contribution >= 0.6 is 0 Å². The van der Waals surface area contributed by atoms with Crippen molar-refractivity contribution in [1.29, 1.82) is 0 Å². The lowest BCUT2D eigenvalue weighted by Crippen LogP contribution is -2.04. The van der Waals surface area contributed by atoms with Crippen molar-refractivity contribution in [1.82, 2.24) is 0 Å². The van der Waals surface area contributed by atoms with Crippen LogP contribution in [0, 0.1) is 13.8 Å². The first-order valence-corrected chi connectivity index (χ1v) is 5.31. The number of rotatable bonds is 3. The van der Waals surface area contributed by atoms with Crippen LogP contribution < -0.4 is 0 Å². The quantitative estimate of drug-likeness (QED) is 0.821. The number of carboxylic acid groups (broad SMARTS) is 1. The Morgan fingerprint density at radius 2 is 1.80 bits per heavy atom. The summed E-state index contributed by atoms with van der Waals surface area (Å²) in [5.41, 5.74) is 3.85. The van der Waals surface area contributed by atoms with Crippen molar-refractivity contribution in [3.8, 4) is 0 Å². The SMILES string of the molecule is CCC(C)c1c(C)cc(C(=O)O)cc1C. The number of hydrogen-bond donors (Lipinski definition) is 1. The van der Waals surface area contributed by atoms with E-state index in [4.69, 9.17) is 5.11 Å². The third-order valence-electron chi connectivity index (χ3n) is 2.95. The molecule has 15 heavy (non-hydrogen) atoms. The molecule has 82 valence electrons. The number of carbonyl (C=O) groups is 1. The number of carboxylic acids is 1. The number of aromatic carboxylic acids is 1. The predicted octanol–water partition coefficient (Wildman–Crippen LogP) is 3.52. The van der Waals surface area contributed by atoms with E-state index in [0.717, 1.165) is 17.5 Å². The predicted molar refractivity (Wildman–Crippen MR) is 61.6 cm³/mol. The average molecular weight is 206 g/mol. The van der Waals surface area contributed by atoms with Crippen LogP contribution in [-0.2, 0) is 0 Å². The molecule has 1 unspecified atom stereocenters. The van der Waals surface area contributed by atoms with Crippen LogP contribution in [0.15, 0.2) is 12.1 Å². The normalized spacial score (nSPS) is 12.5. The van der Waals surface area contributed by atoms with Crippen LogP contribution in [0.4, 0.5) is 0 Å². The average Bonchev–Trinajstić information content (AvgIpc) is 2.16. The first kappa shape index (κ1) is 11.8. The van der Waals surface area contributed by atoms with E-state index in [1.54, 1.807) is 12.1 Å². The Hall–Kier alpha value is -1.31. The minimum Gasteiger partial charge on any atom is -0.478 e. The van der Waals surface area contributed by atoms with Gasteiger partial charge in [-0.1, -0.05) is 13.8 Å². The number of aryl methyl sites for hydroxylation is 2. The summed E-state index contributed by atoms with van der Waals surface area (Å²) in [7, 11) is 0. The Morgan fingerprint density at radius 1 is 1.33 bits per heavy atom. The van der Waals surface area contributed by atoms with Gasteiger partial charge in [0, 0.05) is 0 Å². The van der Waals surface area contributed by atoms with Crippen LogP contribution in [0.25, 0.3) is 0 Å². The molecule has 0 amide bonds. The van der Waals surface area contributed by atoms with E-state index in [-0.39, 0.29) is 0 Å². The zero-order chi connectivity index (χ0) is 11.6. The van der Waals surface area contributed by atoms with Crippen molar-refractivity contribution >= 4 is 5.97 Å². The van der Waals surface area contributed by atoms with Crippen LogP contribution in [-0.4, -0.2) is 11.1 Å². The van der Waals surface area contributed by atoms with Gasteiger partial charge in [0.1, 0.15) is 0 Å². The standard InChI is InChI=1S/C13H18O2/c1-5-8(2)12-9(3)6-11(13(14)15)7-10(12)4/h6-8H,5H2,1-4H3,(H,14,15). The molecule has 0 aliphatic rings.